The molecule has 1 rings (SSSR count). The second-order valence-corrected chi connectivity index (χ2v) is 4.19. The van der Waals surface area contributed by atoms with Crippen molar-refractivity contribution in [2.24, 2.45) is 0 Å². The number of hydrogen-bond acceptors (Lipinski definition) is 4. The molecule has 0 atom stereocenters. The first kappa shape index (κ1) is 11.5. The third kappa shape index (κ3) is 2.97. The Bertz CT molecular complexity index is 291. The number of nitrogens with zero attached hydrogens (tertiary/aromatic N) is 2. The van der Waals surface area contributed by atoms with Gasteiger partial charge in [-0.1, -0.05) is 13.3 Å². The van der Waals surface area contributed by atoms with Crippen molar-refractivity contribution >= 4 is 34.4 Å². The lowest BCUT2D eigenvalue weighted by Gasteiger charge is -2.07. The number of hydrogen-bond donors (Lipinski definition) is 2. The normalized spacial score (nSPS) is 10.2. The zero-order valence-corrected chi connectivity index (χ0v) is 10.6. The van der Waals surface area contributed by atoms with Crippen molar-refractivity contribution in [3.8, 4) is 0 Å². The van der Waals surface area contributed by atoms with Gasteiger partial charge in [0.05, 0.1) is 9.26 Å². The SMILES string of the molecule is CCCCNc1nc(C)c(I)c(N)n1. The van der Waals surface area contributed by atoms with Crippen molar-refractivity contribution in [3.05, 3.63) is 9.26 Å². The molecule has 0 fully saturated rings. The number of anilines is 2. The van der Waals surface area contributed by atoms with E-state index in [1.165, 1.54) is 0 Å². The average Bonchev–Trinajstić information content (AvgIpc) is 2.14. The van der Waals surface area contributed by atoms with Crippen molar-refractivity contribution in [2.75, 3.05) is 17.6 Å². The zero-order valence-electron chi connectivity index (χ0n) is 8.47. The predicted octanol–water partition coefficient (Wildman–Crippen LogP) is 2.18. The predicted molar refractivity (Wildman–Crippen MR) is 67.3 cm³/mol. The van der Waals surface area contributed by atoms with Crippen LogP contribution in [0.25, 0.3) is 0 Å². The molecule has 0 aliphatic carbocycles. The maximum atomic E-state index is 5.73. The third-order valence-electron chi connectivity index (χ3n) is 1.86. The van der Waals surface area contributed by atoms with Gasteiger partial charge in [-0.3, -0.25) is 0 Å². The molecule has 78 valence electrons. The van der Waals surface area contributed by atoms with Crippen molar-refractivity contribution in [3.63, 3.8) is 0 Å². The quantitative estimate of drug-likeness (QED) is 0.661. The first-order valence-electron chi connectivity index (χ1n) is 4.68. The van der Waals surface area contributed by atoms with Gasteiger partial charge in [-0.2, -0.15) is 4.98 Å². The highest BCUT2D eigenvalue weighted by Gasteiger charge is 2.05. The molecule has 5 heteroatoms. The summed E-state index contributed by atoms with van der Waals surface area (Å²) in [5, 5.41) is 3.15. The largest absolute Gasteiger partial charge is 0.383 e. The Balaban J connectivity index is 2.69. The first-order chi connectivity index (χ1) is 6.65. The van der Waals surface area contributed by atoms with Crippen LogP contribution in [0.2, 0.25) is 0 Å². The third-order valence-corrected chi connectivity index (χ3v) is 3.19. The van der Waals surface area contributed by atoms with E-state index in [1.807, 2.05) is 6.92 Å². The van der Waals surface area contributed by atoms with Crippen LogP contribution in [0.5, 0.6) is 0 Å². The fourth-order valence-electron chi connectivity index (χ4n) is 1.04. The number of nitrogens with one attached hydrogen (secondary N) is 1. The van der Waals surface area contributed by atoms with Crippen LogP contribution in [0.1, 0.15) is 25.5 Å². The molecular formula is C9H15IN4. The smallest absolute Gasteiger partial charge is 0.224 e. The summed E-state index contributed by atoms with van der Waals surface area (Å²) in [7, 11) is 0. The minimum absolute atomic E-state index is 0.553. The molecule has 0 aliphatic rings. The van der Waals surface area contributed by atoms with Crippen LogP contribution in [0, 0.1) is 10.5 Å². The van der Waals surface area contributed by atoms with Gasteiger partial charge >= 0.3 is 0 Å². The topological polar surface area (TPSA) is 63.8 Å². The molecule has 1 aromatic rings. The molecule has 1 aromatic heterocycles. The van der Waals surface area contributed by atoms with Gasteiger partial charge in [0.15, 0.2) is 0 Å². The summed E-state index contributed by atoms with van der Waals surface area (Å²) >= 11 is 2.15. The van der Waals surface area contributed by atoms with Gasteiger partial charge in [-0.05, 0) is 35.9 Å². The molecule has 14 heavy (non-hydrogen) atoms. The lowest BCUT2D eigenvalue weighted by molar-refractivity contribution is 0.825. The molecule has 0 saturated heterocycles. The van der Waals surface area contributed by atoms with Crippen molar-refractivity contribution in [1.82, 2.24) is 9.97 Å². The van der Waals surface area contributed by atoms with Crippen molar-refractivity contribution in [1.29, 1.82) is 0 Å². The van der Waals surface area contributed by atoms with E-state index in [9.17, 15) is 0 Å². The van der Waals surface area contributed by atoms with Crippen molar-refractivity contribution < 1.29 is 0 Å². The molecule has 0 radical (unpaired) electrons. The molecule has 0 aromatic carbocycles. The van der Waals surface area contributed by atoms with E-state index in [4.69, 9.17) is 5.73 Å². The van der Waals surface area contributed by atoms with E-state index in [1.54, 1.807) is 0 Å². The maximum absolute atomic E-state index is 5.73. The minimum Gasteiger partial charge on any atom is -0.383 e. The van der Waals surface area contributed by atoms with Gasteiger partial charge in [-0.25, -0.2) is 4.98 Å². The second kappa shape index (κ2) is 5.33. The van der Waals surface area contributed by atoms with Crippen LogP contribution < -0.4 is 11.1 Å². The minimum atomic E-state index is 0.553. The highest BCUT2D eigenvalue weighted by Crippen LogP contribution is 2.16. The molecule has 0 aliphatic heterocycles. The molecular weight excluding hydrogens is 291 g/mol. The van der Waals surface area contributed by atoms with Crippen LogP contribution in [0.15, 0.2) is 0 Å². The molecule has 1 heterocycles. The number of aromatic nitrogens is 2. The van der Waals surface area contributed by atoms with Gasteiger partial charge in [-0.15, -0.1) is 0 Å². The number of rotatable bonds is 4. The Labute approximate surface area is 97.8 Å². The standard InChI is InChI=1S/C9H15IN4/c1-3-4-5-12-9-13-6(2)7(10)8(11)14-9/h3-5H2,1-2H3,(H3,11,12,13,14). The first-order valence-corrected chi connectivity index (χ1v) is 5.76. The molecule has 0 spiro atoms. The van der Waals surface area contributed by atoms with Gasteiger partial charge in [0.2, 0.25) is 5.95 Å². The Morgan fingerprint density at radius 2 is 2.14 bits per heavy atom. The fraction of sp³-hybridized carbons (Fsp3) is 0.556. The van der Waals surface area contributed by atoms with Crippen LogP contribution >= 0.6 is 22.6 Å². The monoisotopic (exact) mass is 306 g/mol. The number of aryl methyl sites for hydroxylation is 1. The summed E-state index contributed by atoms with van der Waals surface area (Å²) in [6, 6.07) is 0. The van der Waals surface area contributed by atoms with Gasteiger partial charge in [0, 0.05) is 6.54 Å². The van der Waals surface area contributed by atoms with Crippen LogP contribution in [-0.2, 0) is 0 Å². The van der Waals surface area contributed by atoms with Crippen LogP contribution in [0.3, 0.4) is 0 Å². The summed E-state index contributed by atoms with van der Waals surface area (Å²) in [6.45, 7) is 4.98. The van der Waals surface area contributed by atoms with Crippen LogP contribution in [0.4, 0.5) is 11.8 Å². The second-order valence-electron chi connectivity index (χ2n) is 3.11. The Kier molecular flexibility index (Phi) is 4.37. The van der Waals surface area contributed by atoms with Crippen molar-refractivity contribution in [2.45, 2.75) is 26.7 Å². The number of nitrogen functional groups attached to an aromatic ring is 1. The van der Waals surface area contributed by atoms with E-state index in [0.29, 0.717) is 11.8 Å². The molecule has 0 unspecified atom stereocenters. The fourth-order valence-corrected chi connectivity index (χ4v) is 1.28. The summed E-state index contributed by atoms with van der Waals surface area (Å²) in [4.78, 5) is 8.45. The highest BCUT2D eigenvalue weighted by molar-refractivity contribution is 14.1. The molecule has 0 bridgehead atoms. The van der Waals surface area contributed by atoms with E-state index >= 15 is 0 Å². The molecule has 4 nitrogen and oxygen atoms in total. The summed E-state index contributed by atoms with van der Waals surface area (Å²) < 4.78 is 0.934. The van der Waals surface area contributed by atoms with Gasteiger partial charge in [0.25, 0.3) is 0 Å². The van der Waals surface area contributed by atoms with E-state index in [0.717, 1.165) is 28.7 Å². The average molecular weight is 306 g/mol. The molecule has 0 saturated carbocycles. The summed E-state index contributed by atoms with van der Waals surface area (Å²) in [5.41, 5.74) is 6.65. The van der Waals surface area contributed by atoms with Gasteiger partial charge in [0.1, 0.15) is 5.82 Å². The number of halogens is 1. The summed E-state index contributed by atoms with van der Waals surface area (Å²) in [5.74, 6) is 1.19. The number of nitrogens with two attached hydrogens (primary N) is 1. The molecule has 3 N–H and O–H groups in total. The zero-order chi connectivity index (χ0) is 10.6. The van der Waals surface area contributed by atoms with Gasteiger partial charge < -0.3 is 11.1 Å². The highest BCUT2D eigenvalue weighted by atomic mass is 127. The molecule has 0 amide bonds. The lowest BCUT2D eigenvalue weighted by Crippen LogP contribution is -2.09. The Hall–Kier alpha value is -0.590. The van der Waals surface area contributed by atoms with E-state index in [2.05, 4.69) is 44.8 Å². The Morgan fingerprint density at radius 3 is 2.71 bits per heavy atom. The Morgan fingerprint density at radius 1 is 1.43 bits per heavy atom. The maximum Gasteiger partial charge on any atom is 0.224 e. The van der Waals surface area contributed by atoms with E-state index in [-0.39, 0.29) is 0 Å². The number of unbranched alkanes of at least 4 members (excludes halogenated alkanes) is 1. The van der Waals surface area contributed by atoms with E-state index < -0.39 is 0 Å². The van der Waals surface area contributed by atoms with Crippen LogP contribution in [-0.4, -0.2) is 16.5 Å². The summed E-state index contributed by atoms with van der Waals surface area (Å²) in [6.07, 6.45) is 2.28. The lowest BCUT2D eigenvalue weighted by atomic mass is 10.3.